The molecule has 5 nitrogen and oxygen atoms in total. The van der Waals surface area contributed by atoms with Crippen molar-refractivity contribution in [3.05, 3.63) is 30.3 Å². The summed E-state index contributed by atoms with van der Waals surface area (Å²) in [7, 11) is 0. The first-order valence-electron chi connectivity index (χ1n) is 9.80. The van der Waals surface area contributed by atoms with Gasteiger partial charge in [-0.2, -0.15) is 0 Å². The minimum Gasteiger partial charge on any atom is -0.481 e. The number of carboxylic acids is 1. The van der Waals surface area contributed by atoms with E-state index in [1.807, 2.05) is 51.1 Å². The number of hydrogen-bond acceptors (Lipinski definition) is 3. The van der Waals surface area contributed by atoms with Gasteiger partial charge in [-0.05, 0) is 24.0 Å². The number of amides is 1. The zero-order valence-corrected chi connectivity index (χ0v) is 17.8. The molecule has 0 aliphatic carbocycles. The maximum Gasteiger partial charge on any atom is 0.307 e. The Morgan fingerprint density at radius 1 is 1.11 bits per heavy atom. The number of nitrogens with zero attached hydrogens (tertiary/aromatic N) is 1. The molecular weight excluding hydrogens is 340 g/mol. The number of carbonyl (C=O) groups is 2. The van der Waals surface area contributed by atoms with Crippen LogP contribution in [0.2, 0.25) is 0 Å². The Balaban J connectivity index is 0.000000445. The number of benzene rings is 1. The first kappa shape index (κ1) is 23.2. The zero-order chi connectivity index (χ0) is 20.8. The molecule has 2 unspecified atom stereocenters. The summed E-state index contributed by atoms with van der Waals surface area (Å²) in [6.45, 7) is 14.8. The lowest BCUT2D eigenvalue weighted by molar-refractivity contribution is -0.150. The third-order valence-corrected chi connectivity index (χ3v) is 4.58. The molecular formula is C22H36N2O3. The number of carbonyl (C=O) groups excluding carboxylic acids is 1. The van der Waals surface area contributed by atoms with E-state index in [0.29, 0.717) is 25.0 Å². The van der Waals surface area contributed by atoms with Crippen molar-refractivity contribution < 1.29 is 14.7 Å². The van der Waals surface area contributed by atoms with E-state index in [0.717, 1.165) is 5.69 Å². The molecule has 2 atom stereocenters. The molecule has 27 heavy (non-hydrogen) atoms. The van der Waals surface area contributed by atoms with E-state index in [9.17, 15) is 14.7 Å². The van der Waals surface area contributed by atoms with Crippen LogP contribution in [0.4, 0.5) is 5.69 Å². The van der Waals surface area contributed by atoms with Crippen molar-refractivity contribution in [3.8, 4) is 0 Å². The lowest BCUT2D eigenvalue weighted by Gasteiger charge is -2.31. The first-order valence-corrected chi connectivity index (χ1v) is 9.80. The molecule has 0 saturated carbocycles. The summed E-state index contributed by atoms with van der Waals surface area (Å²) < 4.78 is 0. The maximum atomic E-state index is 12.6. The summed E-state index contributed by atoms with van der Waals surface area (Å²) >= 11 is 0. The van der Waals surface area contributed by atoms with Crippen molar-refractivity contribution >= 4 is 17.6 Å². The predicted octanol–water partition coefficient (Wildman–Crippen LogP) is 4.18. The maximum absolute atomic E-state index is 12.6. The van der Waals surface area contributed by atoms with E-state index in [4.69, 9.17) is 0 Å². The standard InChI is InChI=1S/C16H21NO3.C6H15N/c1-16(2,3)13(15(19)20)12-9-10-17(14(12)18)11-7-5-4-6-8-11;1-5(2)7-6(3)4/h4-8,12-13H,9-10H2,1-3H3,(H,19,20);5-7H,1-4H3. The fourth-order valence-corrected chi connectivity index (χ4v) is 3.69. The largest absolute Gasteiger partial charge is 0.481 e. The van der Waals surface area contributed by atoms with Crippen molar-refractivity contribution in [2.24, 2.45) is 17.3 Å². The summed E-state index contributed by atoms with van der Waals surface area (Å²) in [5.74, 6) is -2.04. The van der Waals surface area contributed by atoms with Crippen LogP contribution in [-0.4, -0.2) is 35.6 Å². The van der Waals surface area contributed by atoms with E-state index in [1.165, 1.54) is 0 Å². The normalized spacial score (nSPS) is 18.5. The second-order valence-electron chi connectivity index (χ2n) is 8.88. The molecule has 1 aliphatic rings. The molecule has 1 aromatic carbocycles. The van der Waals surface area contributed by atoms with Crippen molar-refractivity contribution in [1.29, 1.82) is 0 Å². The van der Waals surface area contributed by atoms with Gasteiger partial charge >= 0.3 is 5.97 Å². The van der Waals surface area contributed by atoms with Gasteiger partial charge < -0.3 is 15.3 Å². The molecule has 5 heteroatoms. The van der Waals surface area contributed by atoms with Gasteiger partial charge in [-0.1, -0.05) is 66.7 Å². The average molecular weight is 377 g/mol. The molecule has 2 rings (SSSR count). The number of hydrogen-bond donors (Lipinski definition) is 2. The van der Waals surface area contributed by atoms with Crippen LogP contribution in [-0.2, 0) is 9.59 Å². The van der Waals surface area contributed by atoms with Gasteiger partial charge in [-0.25, -0.2) is 0 Å². The Labute approximate surface area is 164 Å². The third kappa shape index (κ3) is 6.98. The van der Waals surface area contributed by atoms with Crippen molar-refractivity contribution in [1.82, 2.24) is 5.32 Å². The van der Waals surface area contributed by atoms with Gasteiger partial charge in [-0.3, -0.25) is 9.59 Å². The minimum absolute atomic E-state index is 0.0708. The quantitative estimate of drug-likeness (QED) is 0.809. The number of anilines is 1. The zero-order valence-electron chi connectivity index (χ0n) is 17.8. The lowest BCUT2D eigenvalue weighted by Crippen LogP contribution is -2.39. The second-order valence-corrected chi connectivity index (χ2v) is 8.88. The molecule has 1 amide bonds. The fraction of sp³-hybridized carbons (Fsp3) is 0.636. The minimum atomic E-state index is -0.884. The van der Waals surface area contributed by atoms with E-state index in [-0.39, 0.29) is 5.91 Å². The van der Waals surface area contributed by atoms with Gasteiger partial charge in [0.05, 0.1) is 11.8 Å². The van der Waals surface area contributed by atoms with Crippen LogP contribution in [0.3, 0.4) is 0 Å². The number of rotatable bonds is 5. The van der Waals surface area contributed by atoms with Crippen LogP contribution >= 0.6 is 0 Å². The molecule has 1 aromatic rings. The molecule has 0 bridgehead atoms. The number of carboxylic acid groups (broad SMARTS) is 1. The Bertz CT molecular complexity index is 600. The van der Waals surface area contributed by atoms with Crippen molar-refractivity contribution in [3.63, 3.8) is 0 Å². The lowest BCUT2D eigenvalue weighted by atomic mass is 9.72. The molecule has 0 spiro atoms. The molecule has 1 fully saturated rings. The van der Waals surface area contributed by atoms with Gasteiger partial charge in [0.2, 0.25) is 5.91 Å². The van der Waals surface area contributed by atoms with E-state index < -0.39 is 23.2 Å². The fourth-order valence-electron chi connectivity index (χ4n) is 3.69. The van der Waals surface area contributed by atoms with Crippen molar-refractivity contribution in [2.45, 2.75) is 67.0 Å². The van der Waals surface area contributed by atoms with Crippen LogP contribution in [0.1, 0.15) is 54.9 Å². The summed E-state index contributed by atoms with van der Waals surface area (Å²) in [5, 5.41) is 12.8. The van der Waals surface area contributed by atoms with Gasteiger partial charge in [0.25, 0.3) is 0 Å². The Kier molecular flexibility index (Phi) is 8.48. The van der Waals surface area contributed by atoms with Crippen LogP contribution in [0.5, 0.6) is 0 Å². The number of nitrogens with one attached hydrogen (secondary N) is 1. The van der Waals surface area contributed by atoms with Crippen LogP contribution in [0.15, 0.2) is 30.3 Å². The van der Waals surface area contributed by atoms with Gasteiger partial charge in [0.15, 0.2) is 0 Å². The van der Waals surface area contributed by atoms with E-state index >= 15 is 0 Å². The van der Waals surface area contributed by atoms with E-state index in [2.05, 4.69) is 33.0 Å². The smallest absolute Gasteiger partial charge is 0.307 e. The number of para-hydroxylation sites is 1. The molecule has 1 saturated heterocycles. The molecule has 1 aliphatic heterocycles. The van der Waals surface area contributed by atoms with Gasteiger partial charge in [0, 0.05) is 24.3 Å². The molecule has 0 radical (unpaired) electrons. The molecule has 1 heterocycles. The first-order chi connectivity index (χ1) is 12.4. The molecule has 152 valence electrons. The highest BCUT2D eigenvalue weighted by Crippen LogP contribution is 2.39. The van der Waals surface area contributed by atoms with Gasteiger partial charge in [-0.15, -0.1) is 0 Å². The second kappa shape index (κ2) is 9.88. The summed E-state index contributed by atoms with van der Waals surface area (Å²) in [4.78, 5) is 25.8. The third-order valence-electron chi connectivity index (χ3n) is 4.58. The van der Waals surface area contributed by atoms with Crippen LogP contribution in [0.25, 0.3) is 0 Å². The van der Waals surface area contributed by atoms with Crippen LogP contribution in [0, 0.1) is 17.3 Å². The van der Waals surface area contributed by atoms with Gasteiger partial charge in [0.1, 0.15) is 0 Å². The highest BCUT2D eigenvalue weighted by molar-refractivity contribution is 5.99. The SMILES string of the molecule is CC(C)(C)C(C(=O)O)C1CCN(c2ccccc2)C1=O.CC(C)NC(C)C. The Hall–Kier alpha value is -1.88. The Morgan fingerprint density at radius 2 is 1.63 bits per heavy atom. The Morgan fingerprint density at radius 3 is 2.00 bits per heavy atom. The predicted molar refractivity (Wildman–Crippen MR) is 111 cm³/mol. The topological polar surface area (TPSA) is 69.6 Å². The summed E-state index contributed by atoms with van der Waals surface area (Å²) in [6.07, 6.45) is 0.599. The number of aliphatic carboxylic acids is 1. The average Bonchev–Trinajstić information content (AvgIpc) is 2.87. The highest BCUT2D eigenvalue weighted by Gasteiger charge is 2.46. The van der Waals surface area contributed by atoms with E-state index in [1.54, 1.807) is 4.90 Å². The summed E-state index contributed by atoms with van der Waals surface area (Å²) in [5.41, 5.74) is 0.414. The van der Waals surface area contributed by atoms with Crippen molar-refractivity contribution in [2.75, 3.05) is 11.4 Å². The molecule has 2 N–H and O–H groups in total. The summed E-state index contributed by atoms with van der Waals surface area (Å²) in [6, 6.07) is 10.7. The highest BCUT2D eigenvalue weighted by atomic mass is 16.4. The molecule has 0 aromatic heterocycles. The van der Waals surface area contributed by atoms with Crippen LogP contribution < -0.4 is 10.2 Å². The monoisotopic (exact) mass is 376 g/mol.